The average Bonchev–Trinajstić information content (AvgIpc) is 2.92. The summed E-state index contributed by atoms with van der Waals surface area (Å²) in [6.45, 7) is 2.57. The Balaban J connectivity index is 1.55. The van der Waals surface area contributed by atoms with E-state index in [0.29, 0.717) is 47.9 Å². The highest BCUT2D eigenvalue weighted by Gasteiger charge is 2.34. The lowest BCUT2D eigenvalue weighted by Crippen LogP contribution is -2.53. The van der Waals surface area contributed by atoms with Crippen LogP contribution >= 0.6 is 0 Å². The molecule has 1 aliphatic heterocycles. The van der Waals surface area contributed by atoms with Crippen molar-refractivity contribution in [2.75, 3.05) is 39.2 Å². The zero-order valence-corrected chi connectivity index (χ0v) is 20.6. The molecule has 0 saturated carbocycles. The Labute approximate surface area is 210 Å². The second kappa shape index (κ2) is 10.9. The van der Waals surface area contributed by atoms with Crippen LogP contribution in [0.1, 0.15) is 39.2 Å². The second-order valence-corrected chi connectivity index (χ2v) is 8.50. The van der Waals surface area contributed by atoms with E-state index in [2.05, 4.69) is 5.32 Å². The number of ether oxygens (including phenoxy) is 2. The molecular formula is C28H29N3O5. The number of rotatable bonds is 6. The van der Waals surface area contributed by atoms with Gasteiger partial charge >= 0.3 is 6.03 Å². The summed E-state index contributed by atoms with van der Waals surface area (Å²) in [5.41, 5.74) is 2.61. The molecule has 4 rings (SSSR count). The molecule has 3 aromatic carbocycles. The zero-order chi connectivity index (χ0) is 25.7. The maximum absolute atomic E-state index is 13.6. The molecule has 0 radical (unpaired) electrons. The molecule has 0 bridgehead atoms. The number of hydrogen-bond acceptors (Lipinski definition) is 5. The first-order valence-corrected chi connectivity index (χ1v) is 11.7. The highest BCUT2D eigenvalue weighted by molar-refractivity contribution is 5.96. The SMILES string of the molecule is COc1ccc(C(=O)N2CCN(C(=O)Nc3ccc(C(C)=O)cc3)CC2c2ccccc2)cc1OC. The fourth-order valence-electron chi connectivity index (χ4n) is 4.30. The highest BCUT2D eigenvalue weighted by Crippen LogP contribution is 2.31. The Hall–Kier alpha value is -4.33. The summed E-state index contributed by atoms with van der Waals surface area (Å²) in [7, 11) is 3.08. The monoisotopic (exact) mass is 487 g/mol. The number of ketones is 1. The third-order valence-corrected chi connectivity index (χ3v) is 6.29. The minimum atomic E-state index is -0.327. The number of nitrogens with zero attached hydrogens (tertiary/aromatic N) is 2. The molecule has 1 unspecified atom stereocenters. The molecule has 1 atom stereocenters. The van der Waals surface area contributed by atoms with Crippen LogP contribution < -0.4 is 14.8 Å². The summed E-state index contributed by atoms with van der Waals surface area (Å²) in [6.07, 6.45) is 0. The molecular weight excluding hydrogens is 458 g/mol. The van der Waals surface area contributed by atoms with Gasteiger partial charge in [-0.15, -0.1) is 0 Å². The van der Waals surface area contributed by atoms with Crippen LogP contribution in [0.25, 0.3) is 0 Å². The van der Waals surface area contributed by atoms with Gasteiger partial charge < -0.3 is 24.6 Å². The summed E-state index contributed by atoms with van der Waals surface area (Å²) in [5.74, 6) is 0.846. The Morgan fingerprint density at radius 3 is 2.14 bits per heavy atom. The van der Waals surface area contributed by atoms with Crippen LogP contribution in [0.5, 0.6) is 11.5 Å². The largest absolute Gasteiger partial charge is 0.493 e. The van der Waals surface area contributed by atoms with E-state index in [9.17, 15) is 14.4 Å². The minimum absolute atomic E-state index is 0.0335. The van der Waals surface area contributed by atoms with Crippen molar-refractivity contribution < 1.29 is 23.9 Å². The van der Waals surface area contributed by atoms with Gasteiger partial charge in [0, 0.05) is 36.4 Å². The molecule has 0 aromatic heterocycles. The summed E-state index contributed by atoms with van der Waals surface area (Å²) in [4.78, 5) is 41.7. The molecule has 1 heterocycles. The van der Waals surface area contributed by atoms with E-state index < -0.39 is 0 Å². The number of methoxy groups -OCH3 is 2. The number of amides is 3. The number of piperazine rings is 1. The molecule has 1 aliphatic rings. The predicted molar refractivity (Wildman–Crippen MR) is 137 cm³/mol. The molecule has 3 amide bonds. The fraction of sp³-hybridized carbons (Fsp3) is 0.250. The summed E-state index contributed by atoms with van der Waals surface area (Å²) >= 11 is 0. The van der Waals surface area contributed by atoms with Gasteiger partial charge in [0.15, 0.2) is 17.3 Å². The van der Waals surface area contributed by atoms with E-state index in [1.54, 1.807) is 59.4 Å². The van der Waals surface area contributed by atoms with Gasteiger partial charge in [-0.3, -0.25) is 9.59 Å². The van der Waals surface area contributed by atoms with E-state index in [-0.39, 0.29) is 23.8 Å². The van der Waals surface area contributed by atoms with Gasteiger partial charge in [0.05, 0.1) is 20.3 Å². The van der Waals surface area contributed by atoms with Crippen LogP contribution in [0.4, 0.5) is 10.5 Å². The maximum atomic E-state index is 13.6. The van der Waals surface area contributed by atoms with Crippen LogP contribution in [0, 0.1) is 0 Å². The van der Waals surface area contributed by atoms with E-state index >= 15 is 0 Å². The number of urea groups is 1. The van der Waals surface area contributed by atoms with Crippen molar-refractivity contribution in [3.8, 4) is 11.5 Å². The molecule has 1 N–H and O–H groups in total. The van der Waals surface area contributed by atoms with E-state index in [1.165, 1.54) is 14.0 Å². The lowest BCUT2D eigenvalue weighted by Gasteiger charge is -2.41. The number of hydrogen-bond donors (Lipinski definition) is 1. The highest BCUT2D eigenvalue weighted by atomic mass is 16.5. The van der Waals surface area contributed by atoms with Gasteiger partial charge in [0.1, 0.15) is 0 Å². The quantitative estimate of drug-likeness (QED) is 0.512. The minimum Gasteiger partial charge on any atom is -0.493 e. The molecule has 1 fully saturated rings. The van der Waals surface area contributed by atoms with Crippen molar-refractivity contribution in [2.24, 2.45) is 0 Å². The first-order chi connectivity index (χ1) is 17.4. The second-order valence-electron chi connectivity index (χ2n) is 8.50. The average molecular weight is 488 g/mol. The van der Waals surface area contributed by atoms with Gasteiger partial charge in [-0.1, -0.05) is 30.3 Å². The zero-order valence-electron chi connectivity index (χ0n) is 20.6. The van der Waals surface area contributed by atoms with Gasteiger partial charge in [0.25, 0.3) is 5.91 Å². The molecule has 8 heteroatoms. The van der Waals surface area contributed by atoms with Crippen molar-refractivity contribution >= 4 is 23.4 Å². The normalized spacial score (nSPS) is 15.2. The van der Waals surface area contributed by atoms with Crippen molar-refractivity contribution in [1.29, 1.82) is 0 Å². The molecule has 8 nitrogen and oxygen atoms in total. The Bertz CT molecular complexity index is 1240. The number of benzene rings is 3. The van der Waals surface area contributed by atoms with Crippen LogP contribution in [-0.2, 0) is 0 Å². The van der Waals surface area contributed by atoms with Gasteiger partial charge in [-0.25, -0.2) is 4.79 Å². The van der Waals surface area contributed by atoms with Gasteiger partial charge in [-0.2, -0.15) is 0 Å². The fourth-order valence-corrected chi connectivity index (χ4v) is 4.30. The standard InChI is InChI=1S/C28H29N3O5/c1-19(32)20-9-12-23(13-10-20)29-28(34)30-15-16-31(24(18-30)21-7-5-4-6-8-21)27(33)22-11-14-25(35-2)26(17-22)36-3/h4-14,17,24H,15-16,18H2,1-3H3,(H,29,34). The lowest BCUT2D eigenvalue weighted by atomic mass is 10.0. The van der Waals surface area contributed by atoms with E-state index in [1.807, 2.05) is 30.3 Å². The number of carbonyl (C=O) groups excluding carboxylic acids is 3. The molecule has 36 heavy (non-hydrogen) atoms. The Kier molecular flexibility index (Phi) is 7.53. The number of nitrogens with one attached hydrogen (secondary N) is 1. The third kappa shape index (κ3) is 5.33. The van der Waals surface area contributed by atoms with E-state index in [4.69, 9.17) is 9.47 Å². The summed E-state index contributed by atoms with van der Waals surface area (Å²) in [6, 6.07) is 21.0. The lowest BCUT2D eigenvalue weighted by molar-refractivity contribution is 0.0516. The maximum Gasteiger partial charge on any atom is 0.321 e. The van der Waals surface area contributed by atoms with Gasteiger partial charge in [-0.05, 0) is 55.0 Å². The number of anilines is 1. The Morgan fingerprint density at radius 2 is 1.50 bits per heavy atom. The van der Waals surface area contributed by atoms with Crippen molar-refractivity contribution in [1.82, 2.24) is 9.80 Å². The van der Waals surface area contributed by atoms with Crippen molar-refractivity contribution in [3.63, 3.8) is 0 Å². The predicted octanol–water partition coefficient (Wildman–Crippen LogP) is 4.64. The smallest absolute Gasteiger partial charge is 0.321 e. The molecule has 186 valence electrons. The number of carbonyl (C=O) groups is 3. The first-order valence-electron chi connectivity index (χ1n) is 11.7. The van der Waals surface area contributed by atoms with Crippen molar-refractivity contribution in [2.45, 2.75) is 13.0 Å². The third-order valence-electron chi connectivity index (χ3n) is 6.29. The van der Waals surface area contributed by atoms with Crippen LogP contribution in [0.15, 0.2) is 72.8 Å². The van der Waals surface area contributed by atoms with Crippen molar-refractivity contribution in [3.05, 3.63) is 89.5 Å². The molecule has 3 aromatic rings. The first kappa shape index (κ1) is 24.8. The van der Waals surface area contributed by atoms with Crippen LogP contribution in [0.2, 0.25) is 0 Å². The van der Waals surface area contributed by atoms with Crippen LogP contribution in [-0.4, -0.2) is 61.4 Å². The van der Waals surface area contributed by atoms with Gasteiger partial charge in [0.2, 0.25) is 0 Å². The Morgan fingerprint density at radius 1 is 0.833 bits per heavy atom. The molecule has 0 spiro atoms. The van der Waals surface area contributed by atoms with E-state index in [0.717, 1.165) is 5.56 Å². The molecule has 1 saturated heterocycles. The summed E-state index contributed by atoms with van der Waals surface area (Å²) in [5, 5.41) is 2.90. The summed E-state index contributed by atoms with van der Waals surface area (Å²) < 4.78 is 10.7. The number of Topliss-reactive ketones (excluding diaryl/α,β-unsaturated/α-hetero) is 1. The molecule has 0 aliphatic carbocycles. The van der Waals surface area contributed by atoms with Crippen LogP contribution in [0.3, 0.4) is 0 Å². The topological polar surface area (TPSA) is 88.2 Å².